The largest absolute Gasteiger partial charge is 1.00 e. The summed E-state index contributed by atoms with van der Waals surface area (Å²) in [5.41, 5.74) is 0. The van der Waals surface area contributed by atoms with Crippen molar-refractivity contribution >= 4 is 10.4 Å². The molecular formula is C6H15KO4S. The molecule has 6 heteroatoms. The molecule has 0 unspecified atom stereocenters. The van der Waals surface area contributed by atoms with Gasteiger partial charge in [0.15, 0.2) is 0 Å². The Bertz CT molecular complexity index is 143. The van der Waals surface area contributed by atoms with Crippen LogP contribution in [0.5, 0.6) is 0 Å². The predicted molar refractivity (Wildman–Crippen MR) is 43.7 cm³/mol. The van der Waals surface area contributed by atoms with Gasteiger partial charge in [0.1, 0.15) is 0 Å². The van der Waals surface area contributed by atoms with Crippen LogP contribution in [-0.4, -0.2) is 17.5 Å². The minimum atomic E-state index is -4.67. The first kappa shape index (κ1) is 19.1. The summed E-state index contributed by atoms with van der Waals surface area (Å²) in [4.78, 5) is 0. The molecule has 0 aliphatic rings. The van der Waals surface area contributed by atoms with Crippen LogP contribution in [0.4, 0.5) is 0 Å². The van der Waals surface area contributed by atoms with Gasteiger partial charge in [0, 0.05) is 0 Å². The maximum Gasteiger partial charge on any atom is 1.00 e. The summed E-state index contributed by atoms with van der Waals surface area (Å²) in [6, 6.07) is 0. The monoisotopic (exact) mass is 222 g/mol. The molecule has 0 saturated heterocycles. The van der Waals surface area contributed by atoms with Gasteiger partial charge in [0.25, 0.3) is 0 Å². The second kappa shape index (κ2) is 12.5. The van der Waals surface area contributed by atoms with Crippen LogP contribution in [0.1, 0.15) is 33.1 Å². The molecule has 0 saturated carbocycles. The molecule has 0 aromatic heterocycles. The summed E-state index contributed by atoms with van der Waals surface area (Å²) in [5, 5.41) is 0. The molecule has 2 N–H and O–H groups in total. The van der Waals surface area contributed by atoms with Crippen molar-refractivity contribution in [1.29, 1.82) is 0 Å². The summed E-state index contributed by atoms with van der Waals surface area (Å²) in [6.07, 6.45) is 6.18. The number of rotatable bonds is 3. The first-order chi connectivity index (χ1) is 4.91. The van der Waals surface area contributed by atoms with Crippen LogP contribution in [0.3, 0.4) is 0 Å². The predicted octanol–water partition coefficient (Wildman–Crippen LogP) is -1.25. The van der Waals surface area contributed by atoms with E-state index in [9.17, 15) is 0 Å². The first-order valence-corrected chi connectivity index (χ1v) is 4.79. The van der Waals surface area contributed by atoms with Gasteiger partial charge in [0.05, 0.1) is 0 Å². The zero-order chi connectivity index (χ0) is 9.33. The molecule has 12 heavy (non-hydrogen) atoms. The maximum atomic E-state index is 8.74. The van der Waals surface area contributed by atoms with Gasteiger partial charge in [-0.2, -0.15) is 21.8 Å². The second-order valence-electron chi connectivity index (χ2n) is 2.00. The topological polar surface area (TPSA) is 74.6 Å². The zero-order valence-corrected chi connectivity index (χ0v) is 11.8. The molecule has 0 rings (SSSR count). The van der Waals surface area contributed by atoms with Crippen molar-refractivity contribution in [2.24, 2.45) is 0 Å². The minimum Gasteiger partial charge on any atom is -0.332 e. The molecule has 0 fully saturated rings. The molecule has 0 aliphatic carbocycles. The smallest absolute Gasteiger partial charge is 0.332 e. The van der Waals surface area contributed by atoms with E-state index >= 15 is 0 Å². The SMILES string of the molecule is C[CH-]CCCC.O=S(=O)(O)O.[K+]. The third-order valence-electron chi connectivity index (χ3n) is 0.846. The fourth-order valence-corrected chi connectivity index (χ4v) is 0.408. The van der Waals surface area contributed by atoms with Gasteiger partial charge in [-0.05, 0) is 0 Å². The quantitative estimate of drug-likeness (QED) is 0.271. The average molecular weight is 222 g/mol. The van der Waals surface area contributed by atoms with Gasteiger partial charge in [-0.1, -0.05) is 19.8 Å². The van der Waals surface area contributed by atoms with Crippen LogP contribution >= 0.6 is 0 Å². The van der Waals surface area contributed by atoms with Gasteiger partial charge >= 0.3 is 61.8 Å². The average Bonchev–Trinajstić information content (AvgIpc) is 1.79. The molecule has 70 valence electrons. The normalized spacial score (nSPS) is 9.33. The van der Waals surface area contributed by atoms with E-state index in [1.165, 1.54) is 19.3 Å². The Balaban J connectivity index is -0.000000126. The first-order valence-electron chi connectivity index (χ1n) is 3.39. The Morgan fingerprint density at radius 1 is 1.33 bits per heavy atom. The molecule has 0 bridgehead atoms. The van der Waals surface area contributed by atoms with Crippen molar-refractivity contribution in [2.45, 2.75) is 33.1 Å². The van der Waals surface area contributed by atoms with E-state index in [-0.39, 0.29) is 51.4 Å². The van der Waals surface area contributed by atoms with Gasteiger partial charge in [0.2, 0.25) is 0 Å². The third-order valence-corrected chi connectivity index (χ3v) is 0.846. The molecule has 0 aromatic rings. The Hall–Kier alpha value is 1.51. The van der Waals surface area contributed by atoms with E-state index in [4.69, 9.17) is 17.5 Å². The Morgan fingerprint density at radius 3 is 1.75 bits per heavy atom. The van der Waals surface area contributed by atoms with Gasteiger partial charge in [-0.25, -0.2) is 0 Å². The second-order valence-corrected chi connectivity index (χ2v) is 2.89. The van der Waals surface area contributed by atoms with E-state index in [1.807, 2.05) is 0 Å². The zero-order valence-electron chi connectivity index (χ0n) is 7.82. The molecule has 0 aliphatic heterocycles. The molecule has 0 spiro atoms. The van der Waals surface area contributed by atoms with Crippen LogP contribution < -0.4 is 51.4 Å². The van der Waals surface area contributed by atoms with Gasteiger partial charge in [-0.15, -0.1) is 0 Å². The van der Waals surface area contributed by atoms with Crippen LogP contribution in [0.15, 0.2) is 0 Å². The van der Waals surface area contributed by atoms with Crippen LogP contribution in [0.2, 0.25) is 0 Å². The maximum absolute atomic E-state index is 8.74. The van der Waals surface area contributed by atoms with Gasteiger partial charge in [-0.3, -0.25) is 9.11 Å². The molecule has 0 atom stereocenters. The Labute approximate surface area is 117 Å². The molecule has 4 nitrogen and oxygen atoms in total. The van der Waals surface area contributed by atoms with Crippen molar-refractivity contribution in [1.82, 2.24) is 0 Å². The fraction of sp³-hybridized carbons (Fsp3) is 0.833. The molecule has 0 amide bonds. The van der Waals surface area contributed by atoms with Gasteiger partial charge < -0.3 is 6.42 Å². The van der Waals surface area contributed by atoms with Crippen LogP contribution in [-0.2, 0) is 10.4 Å². The van der Waals surface area contributed by atoms with Crippen molar-refractivity contribution in [2.75, 3.05) is 0 Å². The van der Waals surface area contributed by atoms with E-state index in [2.05, 4.69) is 20.3 Å². The summed E-state index contributed by atoms with van der Waals surface area (Å²) < 4.78 is 31.6. The van der Waals surface area contributed by atoms with Crippen molar-refractivity contribution < 1.29 is 68.9 Å². The summed E-state index contributed by atoms with van der Waals surface area (Å²) in [5.74, 6) is 0. The van der Waals surface area contributed by atoms with Crippen molar-refractivity contribution in [3.63, 3.8) is 0 Å². The number of hydrogen-bond acceptors (Lipinski definition) is 2. The summed E-state index contributed by atoms with van der Waals surface area (Å²) in [7, 11) is -4.67. The number of hydrogen-bond donors (Lipinski definition) is 2. The van der Waals surface area contributed by atoms with E-state index in [0.29, 0.717) is 0 Å². The Kier molecular flexibility index (Phi) is 19.9. The third kappa shape index (κ3) is 62.5. The number of unbranched alkanes of at least 4 members (excludes halogenated alkanes) is 3. The van der Waals surface area contributed by atoms with Crippen LogP contribution in [0.25, 0.3) is 0 Å². The molecule has 0 heterocycles. The van der Waals surface area contributed by atoms with E-state index < -0.39 is 10.4 Å². The Morgan fingerprint density at radius 2 is 1.67 bits per heavy atom. The molecular weight excluding hydrogens is 207 g/mol. The summed E-state index contributed by atoms with van der Waals surface area (Å²) >= 11 is 0. The summed E-state index contributed by atoms with van der Waals surface area (Å²) in [6.45, 7) is 4.32. The van der Waals surface area contributed by atoms with Crippen LogP contribution in [0, 0.1) is 6.42 Å². The standard InChI is InChI=1S/C6H13.K.H2O4S/c1-3-5-6-4-2;;1-5(2,3)4/h3H,4-6H2,1-2H3;;(H2,1,2,3,4)/q-1;+1;. The van der Waals surface area contributed by atoms with Crippen molar-refractivity contribution in [3.05, 3.63) is 6.42 Å². The van der Waals surface area contributed by atoms with E-state index in [0.717, 1.165) is 0 Å². The van der Waals surface area contributed by atoms with E-state index in [1.54, 1.807) is 0 Å². The van der Waals surface area contributed by atoms with Crippen molar-refractivity contribution in [3.8, 4) is 0 Å². The molecule has 0 radical (unpaired) electrons. The molecule has 0 aromatic carbocycles. The fourth-order valence-electron chi connectivity index (χ4n) is 0.408. The minimum absolute atomic E-state index is 0.